The van der Waals surface area contributed by atoms with Gasteiger partial charge in [0.2, 0.25) is 5.91 Å². The normalized spacial score (nSPS) is 12.3. The van der Waals surface area contributed by atoms with Gasteiger partial charge in [0.05, 0.1) is 34.6 Å². The van der Waals surface area contributed by atoms with Crippen LogP contribution in [-0.2, 0) is 11.3 Å². The molecule has 1 aromatic heterocycles. The third-order valence-electron chi connectivity index (χ3n) is 3.61. The summed E-state index contributed by atoms with van der Waals surface area (Å²) in [5.41, 5.74) is 1.34. The van der Waals surface area contributed by atoms with Gasteiger partial charge in [-0.2, -0.15) is 13.9 Å². The van der Waals surface area contributed by atoms with Crippen molar-refractivity contribution < 1.29 is 22.7 Å². The molecule has 0 fully saturated rings. The van der Waals surface area contributed by atoms with Crippen LogP contribution in [-0.4, -0.2) is 22.3 Å². The van der Waals surface area contributed by atoms with E-state index in [0.29, 0.717) is 10.7 Å². The number of carbonyl (C=O) groups is 1. The molecule has 0 radical (unpaired) electrons. The molecule has 0 aliphatic rings. The van der Waals surface area contributed by atoms with Gasteiger partial charge in [0.1, 0.15) is 5.82 Å². The molecule has 0 aliphatic heterocycles. The Morgan fingerprint density at radius 2 is 2.08 bits per heavy atom. The number of aromatic nitrogens is 2. The number of amides is 1. The Bertz CT molecular complexity index is 780. The number of ether oxygens (including phenoxy) is 1. The molecule has 136 valence electrons. The van der Waals surface area contributed by atoms with Crippen molar-refractivity contribution in [2.24, 2.45) is 5.92 Å². The van der Waals surface area contributed by atoms with E-state index in [0.717, 1.165) is 23.9 Å². The first-order valence-corrected chi connectivity index (χ1v) is 7.81. The summed E-state index contributed by atoms with van der Waals surface area (Å²) in [6, 6.07) is 2.99. The molecular weight excluding hydrogens is 359 g/mol. The fraction of sp³-hybridized carbons (Fsp3) is 0.375. The minimum absolute atomic E-state index is 0.0371. The van der Waals surface area contributed by atoms with Crippen LogP contribution in [0.1, 0.15) is 18.3 Å². The summed E-state index contributed by atoms with van der Waals surface area (Å²) in [7, 11) is 0. The van der Waals surface area contributed by atoms with Gasteiger partial charge >= 0.3 is 6.61 Å². The minimum atomic E-state index is -3.13. The Balaban J connectivity index is 2.12. The van der Waals surface area contributed by atoms with Crippen LogP contribution in [0.2, 0.25) is 5.02 Å². The van der Waals surface area contributed by atoms with Crippen LogP contribution in [0.25, 0.3) is 0 Å². The van der Waals surface area contributed by atoms with Gasteiger partial charge in [0, 0.05) is 6.07 Å². The Hall–Kier alpha value is -2.22. The number of aryl methyl sites for hydroxylation is 1. The Morgan fingerprint density at radius 3 is 2.64 bits per heavy atom. The summed E-state index contributed by atoms with van der Waals surface area (Å²) in [6.07, 6.45) is 0. The van der Waals surface area contributed by atoms with Gasteiger partial charge < -0.3 is 10.1 Å². The summed E-state index contributed by atoms with van der Waals surface area (Å²) in [5.74, 6) is -2.18. The van der Waals surface area contributed by atoms with E-state index in [9.17, 15) is 18.0 Å². The van der Waals surface area contributed by atoms with E-state index in [1.54, 1.807) is 25.5 Å². The third kappa shape index (κ3) is 4.66. The fourth-order valence-electron chi connectivity index (χ4n) is 2.24. The topological polar surface area (TPSA) is 56.2 Å². The van der Waals surface area contributed by atoms with Crippen LogP contribution in [0.3, 0.4) is 0 Å². The lowest BCUT2D eigenvalue weighted by molar-refractivity contribution is -0.119. The number of rotatable bonds is 6. The zero-order valence-electron chi connectivity index (χ0n) is 13.8. The predicted molar refractivity (Wildman–Crippen MR) is 87.5 cm³/mol. The second-order valence-corrected chi connectivity index (χ2v) is 5.95. The number of benzene rings is 1. The highest BCUT2D eigenvalue weighted by atomic mass is 35.5. The molecule has 9 heteroatoms. The molecular formula is C16H17ClF3N3O2. The first-order valence-electron chi connectivity index (χ1n) is 7.43. The van der Waals surface area contributed by atoms with E-state index in [4.69, 9.17) is 11.6 Å². The summed E-state index contributed by atoms with van der Waals surface area (Å²) >= 11 is 6.07. The highest BCUT2D eigenvalue weighted by Crippen LogP contribution is 2.28. The monoisotopic (exact) mass is 375 g/mol. The number of nitrogens with one attached hydrogen (secondary N) is 1. The van der Waals surface area contributed by atoms with Crippen molar-refractivity contribution in [1.29, 1.82) is 0 Å². The number of anilines is 1. The lowest BCUT2D eigenvalue weighted by Gasteiger charge is -2.16. The van der Waals surface area contributed by atoms with Gasteiger partial charge in [-0.15, -0.1) is 0 Å². The van der Waals surface area contributed by atoms with Crippen molar-refractivity contribution in [3.05, 3.63) is 40.4 Å². The molecule has 0 saturated heterocycles. The lowest BCUT2D eigenvalue weighted by Crippen LogP contribution is -2.25. The summed E-state index contributed by atoms with van der Waals surface area (Å²) in [5, 5.41) is 7.23. The number of hydrogen-bond donors (Lipinski definition) is 1. The van der Waals surface area contributed by atoms with Gasteiger partial charge in [-0.25, -0.2) is 4.39 Å². The van der Waals surface area contributed by atoms with Crippen LogP contribution in [0.4, 0.5) is 18.9 Å². The van der Waals surface area contributed by atoms with E-state index in [-0.39, 0.29) is 12.2 Å². The third-order valence-corrected chi connectivity index (χ3v) is 4.15. The quantitative estimate of drug-likeness (QED) is 0.824. The molecule has 2 rings (SSSR count). The van der Waals surface area contributed by atoms with E-state index < -0.39 is 30.0 Å². The molecule has 1 unspecified atom stereocenters. The number of carbonyl (C=O) groups excluding carboxylic acids is 1. The van der Waals surface area contributed by atoms with Gasteiger partial charge in [-0.1, -0.05) is 18.5 Å². The highest BCUT2D eigenvalue weighted by Gasteiger charge is 2.20. The van der Waals surface area contributed by atoms with Gasteiger partial charge in [-0.3, -0.25) is 9.48 Å². The van der Waals surface area contributed by atoms with Crippen molar-refractivity contribution in [3.63, 3.8) is 0 Å². The van der Waals surface area contributed by atoms with Gasteiger partial charge in [0.15, 0.2) is 5.75 Å². The second-order valence-electron chi connectivity index (χ2n) is 5.58. The zero-order valence-corrected chi connectivity index (χ0v) is 14.6. The van der Waals surface area contributed by atoms with E-state index >= 15 is 0 Å². The smallest absolute Gasteiger partial charge is 0.387 e. The first kappa shape index (κ1) is 19.1. The molecule has 1 aromatic carbocycles. The Kier molecular flexibility index (Phi) is 5.94. The van der Waals surface area contributed by atoms with Crippen LogP contribution in [0.5, 0.6) is 5.75 Å². The molecule has 2 aromatic rings. The second kappa shape index (κ2) is 7.77. The molecule has 0 saturated carbocycles. The number of nitrogens with zero attached hydrogens (tertiary/aromatic N) is 2. The molecule has 1 heterocycles. The summed E-state index contributed by atoms with van der Waals surface area (Å²) < 4.78 is 43.9. The fourth-order valence-corrected chi connectivity index (χ4v) is 2.38. The molecule has 25 heavy (non-hydrogen) atoms. The van der Waals surface area contributed by atoms with Crippen molar-refractivity contribution in [1.82, 2.24) is 9.78 Å². The summed E-state index contributed by atoms with van der Waals surface area (Å²) in [6.45, 7) is 2.30. The van der Waals surface area contributed by atoms with Crippen molar-refractivity contribution in [3.8, 4) is 5.75 Å². The van der Waals surface area contributed by atoms with Crippen LogP contribution in [0.15, 0.2) is 18.2 Å². The van der Waals surface area contributed by atoms with Crippen LogP contribution in [0, 0.1) is 25.6 Å². The molecule has 1 N–H and O–H groups in total. The number of alkyl halides is 2. The van der Waals surface area contributed by atoms with Gasteiger partial charge in [0.25, 0.3) is 0 Å². The average molecular weight is 376 g/mol. The van der Waals surface area contributed by atoms with E-state index in [1.165, 1.54) is 0 Å². The van der Waals surface area contributed by atoms with Crippen molar-refractivity contribution in [2.45, 2.75) is 33.9 Å². The standard InChI is InChI=1S/C16H17ClF3N3O2/c1-8(7-23-10(3)14(17)9(2)22-23)15(24)21-12-5-4-11(18)6-13(12)25-16(19)20/h4-6,8,16H,7H2,1-3H3,(H,21,24). The van der Waals surface area contributed by atoms with Crippen molar-refractivity contribution in [2.75, 3.05) is 5.32 Å². The maximum atomic E-state index is 13.2. The molecule has 1 atom stereocenters. The molecule has 1 amide bonds. The highest BCUT2D eigenvalue weighted by molar-refractivity contribution is 6.31. The molecule has 5 nitrogen and oxygen atoms in total. The number of hydrogen-bond acceptors (Lipinski definition) is 3. The molecule has 0 aliphatic carbocycles. The minimum Gasteiger partial charge on any atom is -0.432 e. The van der Waals surface area contributed by atoms with E-state index in [1.807, 2.05) is 0 Å². The van der Waals surface area contributed by atoms with Crippen molar-refractivity contribution >= 4 is 23.2 Å². The Labute approximate surface area is 147 Å². The van der Waals surface area contributed by atoms with Crippen LogP contribution < -0.4 is 10.1 Å². The maximum Gasteiger partial charge on any atom is 0.387 e. The molecule has 0 bridgehead atoms. The predicted octanol–water partition coefficient (Wildman–Crippen LogP) is 4.17. The van der Waals surface area contributed by atoms with Gasteiger partial charge in [-0.05, 0) is 26.0 Å². The zero-order chi connectivity index (χ0) is 18.7. The summed E-state index contributed by atoms with van der Waals surface area (Å²) in [4.78, 5) is 12.3. The largest absolute Gasteiger partial charge is 0.432 e. The lowest BCUT2D eigenvalue weighted by atomic mass is 10.1. The Morgan fingerprint density at radius 1 is 1.40 bits per heavy atom. The van der Waals surface area contributed by atoms with Crippen LogP contribution >= 0.6 is 11.6 Å². The molecule has 0 spiro atoms. The van der Waals surface area contributed by atoms with E-state index in [2.05, 4.69) is 15.2 Å². The maximum absolute atomic E-state index is 13.2. The average Bonchev–Trinajstić information content (AvgIpc) is 2.76. The first-order chi connectivity index (χ1) is 11.7. The number of halogens is 4. The SMILES string of the molecule is Cc1nn(CC(C)C(=O)Nc2ccc(F)cc2OC(F)F)c(C)c1Cl.